The molecule has 0 saturated heterocycles. The molecule has 2 aliphatic rings. The van der Waals surface area contributed by atoms with Gasteiger partial charge < -0.3 is 0 Å². The van der Waals surface area contributed by atoms with Crippen LogP contribution < -0.4 is 0 Å². The van der Waals surface area contributed by atoms with Gasteiger partial charge in [-0.25, -0.2) is 0 Å². The summed E-state index contributed by atoms with van der Waals surface area (Å²) in [5.74, 6) is 0.765. The van der Waals surface area contributed by atoms with Gasteiger partial charge in [0.05, 0.1) is 0 Å². The fraction of sp³-hybridized carbons (Fsp3) is 0.440. The summed E-state index contributed by atoms with van der Waals surface area (Å²) in [6.07, 6.45) is 13.7. The molecule has 25 heavy (non-hydrogen) atoms. The van der Waals surface area contributed by atoms with Gasteiger partial charge in [0.25, 0.3) is 0 Å². The van der Waals surface area contributed by atoms with Crippen LogP contribution in [0.1, 0.15) is 74.0 Å². The first-order valence-electron chi connectivity index (χ1n) is 10.4. The second-order valence-electron chi connectivity index (χ2n) is 8.20. The molecule has 0 atom stereocenters. The zero-order valence-corrected chi connectivity index (χ0v) is 15.2. The highest BCUT2D eigenvalue weighted by Crippen LogP contribution is 2.39. The van der Waals surface area contributed by atoms with E-state index in [1.807, 2.05) is 0 Å². The van der Waals surface area contributed by atoms with Crippen LogP contribution in [0, 0.1) is 0 Å². The molecular formula is C25H28. The van der Waals surface area contributed by atoms with Crippen LogP contribution in [-0.4, -0.2) is 0 Å². The summed E-state index contributed by atoms with van der Waals surface area (Å²) >= 11 is 0. The van der Waals surface area contributed by atoms with E-state index in [0.717, 1.165) is 5.92 Å². The second kappa shape index (κ2) is 6.48. The van der Waals surface area contributed by atoms with Gasteiger partial charge in [-0.15, -0.1) is 0 Å². The average Bonchev–Trinajstić information content (AvgIpc) is 2.96. The number of rotatable bonds is 1. The number of benzene rings is 3. The first-order chi connectivity index (χ1) is 12.4. The first kappa shape index (κ1) is 15.4. The van der Waals surface area contributed by atoms with Crippen molar-refractivity contribution in [2.45, 2.75) is 70.1 Å². The number of hydrogen-bond donors (Lipinski definition) is 0. The van der Waals surface area contributed by atoms with Gasteiger partial charge in [0, 0.05) is 0 Å². The number of aryl methyl sites for hydroxylation is 2. The van der Waals surface area contributed by atoms with Crippen molar-refractivity contribution in [3.8, 4) is 0 Å². The van der Waals surface area contributed by atoms with Crippen LogP contribution >= 0.6 is 0 Å². The average molecular weight is 328 g/mol. The largest absolute Gasteiger partial charge is 0.0613 e. The van der Waals surface area contributed by atoms with E-state index < -0.39 is 0 Å². The van der Waals surface area contributed by atoms with Gasteiger partial charge in [-0.05, 0) is 82.7 Å². The third-order valence-electron chi connectivity index (χ3n) is 6.72. The van der Waals surface area contributed by atoms with Gasteiger partial charge in [-0.1, -0.05) is 68.1 Å². The summed E-state index contributed by atoms with van der Waals surface area (Å²) in [4.78, 5) is 0. The van der Waals surface area contributed by atoms with E-state index in [1.54, 1.807) is 16.7 Å². The molecule has 0 amide bonds. The van der Waals surface area contributed by atoms with E-state index in [9.17, 15) is 0 Å². The van der Waals surface area contributed by atoms with Crippen LogP contribution in [0.5, 0.6) is 0 Å². The highest BCUT2D eigenvalue weighted by Gasteiger charge is 2.18. The summed E-state index contributed by atoms with van der Waals surface area (Å²) in [6.45, 7) is 0. The van der Waals surface area contributed by atoms with E-state index in [2.05, 4.69) is 42.5 Å². The van der Waals surface area contributed by atoms with Crippen molar-refractivity contribution in [3.63, 3.8) is 0 Å². The molecular weight excluding hydrogens is 300 g/mol. The van der Waals surface area contributed by atoms with Crippen LogP contribution in [0.4, 0.5) is 0 Å². The topological polar surface area (TPSA) is 0 Å². The molecule has 0 unspecified atom stereocenters. The summed E-state index contributed by atoms with van der Waals surface area (Å²) in [5.41, 5.74) is 4.84. The molecule has 3 aromatic carbocycles. The van der Waals surface area contributed by atoms with Gasteiger partial charge in [-0.3, -0.25) is 0 Å². The van der Waals surface area contributed by atoms with Gasteiger partial charge in [0.1, 0.15) is 0 Å². The Morgan fingerprint density at radius 3 is 2.16 bits per heavy atom. The van der Waals surface area contributed by atoms with Gasteiger partial charge in [0.2, 0.25) is 0 Å². The second-order valence-corrected chi connectivity index (χ2v) is 8.20. The lowest BCUT2D eigenvalue weighted by Crippen LogP contribution is -2.03. The Bertz CT molecular complexity index is 910. The van der Waals surface area contributed by atoms with Crippen molar-refractivity contribution < 1.29 is 0 Å². The monoisotopic (exact) mass is 328 g/mol. The molecule has 0 bridgehead atoms. The normalized spacial score (nSPS) is 19.0. The molecule has 1 saturated carbocycles. The van der Waals surface area contributed by atoms with E-state index in [-0.39, 0.29) is 0 Å². The zero-order valence-electron chi connectivity index (χ0n) is 15.2. The van der Waals surface area contributed by atoms with Crippen molar-refractivity contribution in [1.82, 2.24) is 0 Å². The summed E-state index contributed by atoms with van der Waals surface area (Å²) in [6, 6.07) is 16.7. The molecule has 0 spiro atoms. The van der Waals surface area contributed by atoms with E-state index >= 15 is 0 Å². The van der Waals surface area contributed by atoms with Crippen LogP contribution in [0.2, 0.25) is 0 Å². The molecule has 2 aliphatic carbocycles. The van der Waals surface area contributed by atoms with E-state index in [4.69, 9.17) is 0 Å². The quantitative estimate of drug-likeness (QED) is 0.324. The van der Waals surface area contributed by atoms with Crippen molar-refractivity contribution in [2.24, 2.45) is 0 Å². The summed E-state index contributed by atoms with van der Waals surface area (Å²) in [7, 11) is 0. The van der Waals surface area contributed by atoms with Crippen LogP contribution in [-0.2, 0) is 12.8 Å². The molecule has 0 heteroatoms. The molecule has 128 valence electrons. The van der Waals surface area contributed by atoms with Crippen molar-refractivity contribution in [1.29, 1.82) is 0 Å². The van der Waals surface area contributed by atoms with Crippen LogP contribution in [0.25, 0.3) is 21.5 Å². The van der Waals surface area contributed by atoms with Gasteiger partial charge in [0.15, 0.2) is 0 Å². The maximum atomic E-state index is 2.44. The Labute approximate surface area is 151 Å². The fourth-order valence-electron chi connectivity index (χ4n) is 5.40. The van der Waals surface area contributed by atoms with Crippen LogP contribution in [0.3, 0.4) is 0 Å². The first-order valence-corrected chi connectivity index (χ1v) is 10.4. The molecule has 3 aromatic rings. The molecule has 0 nitrogen and oxygen atoms in total. The highest BCUT2D eigenvalue weighted by molar-refractivity contribution is 6.09. The Hall–Kier alpha value is -1.82. The van der Waals surface area contributed by atoms with E-state index in [1.165, 1.54) is 85.8 Å². The standard InChI is InChI=1S/C25H28/c1-2-4-9-18(8-3-1)21-12-7-13-22-23(21)16-17-24-20-11-6-5-10-19(20)14-15-25(22)24/h7,12-18H,1-6,8-11H2. The Kier molecular flexibility index (Phi) is 4.00. The zero-order chi connectivity index (χ0) is 16.6. The Balaban J connectivity index is 1.70. The third kappa shape index (κ3) is 2.67. The molecule has 0 aliphatic heterocycles. The van der Waals surface area contributed by atoms with Crippen molar-refractivity contribution >= 4 is 21.5 Å². The summed E-state index contributed by atoms with van der Waals surface area (Å²) in [5, 5.41) is 5.99. The molecule has 1 fully saturated rings. The summed E-state index contributed by atoms with van der Waals surface area (Å²) < 4.78 is 0. The van der Waals surface area contributed by atoms with Gasteiger partial charge >= 0.3 is 0 Å². The third-order valence-corrected chi connectivity index (χ3v) is 6.72. The maximum Gasteiger partial charge on any atom is -0.0102 e. The molecule has 0 aromatic heterocycles. The Morgan fingerprint density at radius 1 is 0.560 bits per heavy atom. The molecule has 0 N–H and O–H groups in total. The fourth-order valence-corrected chi connectivity index (χ4v) is 5.40. The van der Waals surface area contributed by atoms with E-state index in [0.29, 0.717) is 0 Å². The minimum absolute atomic E-state index is 0.765. The maximum absolute atomic E-state index is 2.44. The van der Waals surface area contributed by atoms with Gasteiger partial charge in [-0.2, -0.15) is 0 Å². The number of fused-ring (bicyclic) bond motifs is 5. The predicted octanol–water partition coefficient (Wildman–Crippen LogP) is 7.31. The lowest BCUT2D eigenvalue weighted by molar-refractivity contribution is 0.596. The number of hydrogen-bond acceptors (Lipinski definition) is 0. The Morgan fingerprint density at radius 2 is 1.28 bits per heavy atom. The smallest absolute Gasteiger partial charge is 0.0102 e. The lowest BCUT2D eigenvalue weighted by Gasteiger charge is -2.21. The molecule has 0 radical (unpaired) electrons. The molecule has 5 rings (SSSR count). The van der Waals surface area contributed by atoms with Crippen molar-refractivity contribution in [2.75, 3.05) is 0 Å². The SMILES string of the molecule is c1cc(C2CCCCCC2)c2ccc3c4c(ccc3c2c1)CCCC4. The minimum Gasteiger partial charge on any atom is -0.0613 e. The minimum atomic E-state index is 0.765. The molecule has 0 heterocycles. The van der Waals surface area contributed by atoms with Crippen molar-refractivity contribution in [3.05, 3.63) is 59.2 Å². The lowest BCUT2D eigenvalue weighted by atomic mass is 9.84. The highest BCUT2D eigenvalue weighted by atomic mass is 14.2. The predicted molar refractivity (Wildman–Crippen MR) is 109 cm³/mol. The van der Waals surface area contributed by atoms with Crippen LogP contribution in [0.15, 0.2) is 42.5 Å².